The van der Waals surface area contributed by atoms with Crippen molar-refractivity contribution in [1.82, 2.24) is 10.1 Å². The Labute approximate surface area is 99.4 Å². The van der Waals surface area contributed by atoms with Gasteiger partial charge < -0.3 is 4.52 Å². The van der Waals surface area contributed by atoms with E-state index in [1.54, 1.807) is 0 Å². The standard InChI is InChI=1S/C12H13ClN2O/c1-8(2)5-9-3-4-10(11(13)6-9)12-14-7-16-15-12/h3-4,6-8H,5H2,1-2H3. The molecule has 1 heterocycles. The molecule has 0 saturated carbocycles. The molecule has 2 aromatic rings. The lowest BCUT2D eigenvalue weighted by Crippen LogP contribution is -1.94. The first-order valence-electron chi connectivity index (χ1n) is 5.22. The Bertz CT molecular complexity index is 466. The van der Waals surface area contributed by atoms with Gasteiger partial charge in [-0.25, -0.2) is 0 Å². The first kappa shape index (κ1) is 11.1. The summed E-state index contributed by atoms with van der Waals surface area (Å²) in [5.41, 5.74) is 2.04. The second-order valence-electron chi connectivity index (χ2n) is 4.17. The molecule has 0 saturated heterocycles. The lowest BCUT2D eigenvalue weighted by Gasteiger charge is -2.06. The van der Waals surface area contributed by atoms with E-state index in [2.05, 4.69) is 30.1 Å². The van der Waals surface area contributed by atoms with E-state index < -0.39 is 0 Å². The zero-order valence-electron chi connectivity index (χ0n) is 9.27. The number of halogens is 1. The van der Waals surface area contributed by atoms with E-state index in [1.165, 1.54) is 12.0 Å². The zero-order valence-corrected chi connectivity index (χ0v) is 10.0. The van der Waals surface area contributed by atoms with E-state index in [0.717, 1.165) is 12.0 Å². The summed E-state index contributed by atoms with van der Waals surface area (Å²) in [7, 11) is 0. The lowest BCUT2D eigenvalue weighted by molar-refractivity contribution is 0.419. The van der Waals surface area contributed by atoms with Gasteiger partial charge in [0.15, 0.2) is 0 Å². The third-order valence-corrected chi connectivity index (χ3v) is 2.59. The van der Waals surface area contributed by atoms with Crippen molar-refractivity contribution in [2.24, 2.45) is 5.92 Å². The Morgan fingerprint density at radius 2 is 2.19 bits per heavy atom. The molecule has 0 unspecified atom stereocenters. The Kier molecular flexibility index (Phi) is 3.25. The topological polar surface area (TPSA) is 38.9 Å². The minimum absolute atomic E-state index is 0.529. The minimum atomic E-state index is 0.529. The highest BCUT2D eigenvalue weighted by molar-refractivity contribution is 6.33. The molecule has 4 heteroatoms. The summed E-state index contributed by atoms with van der Waals surface area (Å²) in [5.74, 6) is 1.15. The highest BCUT2D eigenvalue weighted by Crippen LogP contribution is 2.26. The Morgan fingerprint density at radius 1 is 1.38 bits per heavy atom. The summed E-state index contributed by atoms with van der Waals surface area (Å²) in [6.07, 6.45) is 2.32. The highest BCUT2D eigenvalue weighted by Gasteiger charge is 2.09. The molecule has 0 atom stereocenters. The first-order valence-corrected chi connectivity index (χ1v) is 5.60. The normalized spacial score (nSPS) is 11.0. The van der Waals surface area contributed by atoms with Crippen LogP contribution < -0.4 is 0 Å². The average molecular weight is 237 g/mol. The van der Waals surface area contributed by atoms with E-state index in [1.807, 2.05) is 12.1 Å². The number of hydrogen-bond donors (Lipinski definition) is 0. The van der Waals surface area contributed by atoms with Crippen molar-refractivity contribution < 1.29 is 4.52 Å². The second kappa shape index (κ2) is 4.66. The van der Waals surface area contributed by atoms with Crippen LogP contribution in [0, 0.1) is 5.92 Å². The molecule has 16 heavy (non-hydrogen) atoms. The van der Waals surface area contributed by atoms with Gasteiger partial charge in [0.05, 0.1) is 5.02 Å². The molecule has 0 N–H and O–H groups in total. The van der Waals surface area contributed by atoms with E-state index in [-0.39, 0.29) is 0 Å². The van der Waals surface area contributed by atoms with Gasteiger partial charge in [0.2, 0.25) is 12.2 Å². The molecule has 0 aliphatic heterocycles. The third kappa shape index (κ3) is 2.42. The predicted molar refractivity (Wildman–Crippen MR) is 63.3 cm³/mol. The number of aromatic nitrogens is 2. The largest absolute Gasteiger partial charge is 0.342 e. The second-order valence-corrected chi connectivity index (χ2v) is 4.57. The van der Waals surface area contributed by atoms with Crippen LogP contribution in [0.25, 0.3) is 11.4 Å². The lowest BCUT2D eigenvalue weighted by atomic mass is 10.0. The van der Waals surface area contributed by atoms with E-state index in [0.29, 0.717) is 16.8 Å². The van der Waals surface area contributed by atoms with Crippen molar-refractivity contribution in [3.05, 3.63) is 35.2 Å². The van der Waals surface area contributed by atoms with Gasteiger partial charge in [-0.05, 0) is 30.0 Å². The average Bonchev–Trinajstić information content (AvgIpc) is 2.69. The molecule has 84 valence electrons. The fraction of sp³-hybridized carbons (Fsp3) is 0.333. The molecule has 0 spiro atoms. The Morgan fingerprint density at radius 3 is 2.75 bits per heavy atom. The highest BCUT2D eigenvalue weighted by atomic mass is 35.5. The number of benzene rings is 1. The third-order valence-electron chi connectivity index (χ3n) is 2.28. The van der Waals surface area contributed by atoms with Gasteiger partial charge in [-0.2, -0.15) is 4.98 Å². The van der Waals surface area contributed by atoms with Crippen LogP contribution in [0.15, 0.2) is 29.1 Å². The van der Waals surface area contributed by atoms with E-state index >= 15 is 0 Å². The van der Waals surface area contributed by atoms with Gasteiger partial charge in [0.1, 0.15) is 0 Å². The minimum Gasteiger partial charge on any atom is -0.342 e. The van der Waals surface area contributed by atoms with Crippen LogP contribution in [0.4, 0.5) is 0 Å². The van der Waals surface area contributed by atoms with Crippen molar-refractivity contribution >= 4 is 11.6 Å². The van der Waals surface area contributed by atoms with Gasteiger partial charge in [-0.3, -0.25) is 0 Å². The van der Waals surface area contributed by atoms with Crippen LogP contribution >= 0.6 is 11.6 Å². The van der Waals surface area contributed by atoms with Crippen molar-refractivity contribution in [3.8, 4) is 11.4 Å². The molecule has 0 bridgehead atoms. The maximum absolute atomic E-state index is 6.18. The summed E-state index contributed by atoms with van der Waals surface area (Å²) in [6.45, 7) is 4.36. The molecular formula is C12H13ClN2O. The molecule has 0 aliphatic carbocycles. The summed E-state index contributed by atoms with van der Waals surface area (Å²) in [4.78, 5) is 3.98. The van der Waals surface area contributed by atoms with Crippen LogP contribution in [0.2, 0.25) is 5.02 Å². The predicted octanol–water partition coefficient (Wildman–Crippen LogP) is 3.59. The molecule has 0 amide bonds. The molecular weight excluding hydrogens is 224 g/mol. The van der Waals surface area contributed by atoms with Gasteiger partial charge in [0, 0.05) is 5.56 Å². The molecule has 0 radical (unpaired) electrons. The molecule has 0 fully saturated rings. The quantitative estimate of drug-likeness (QED) is 0.818. The monoisotopic (exact) mass is 236 g/mol. The molecule has 2 rings (SSSR count). The van der Waals surface area contributed by atoms with E-state index in [4.69, 9.17) is 16.1 Å². The molecule has 1 aromatic carbocycles. The molecule has 0 aliphatic rings. The van der Waals surface area contributed by atoms with Crippen LogP contribution in [0.3, 0.4) is 0 Å². The summed E-state index contributed by atoms with van der Waals surface area (Å²) in [5, 5.41) is 4.43. The Hall–Kier alpha value is -1.35. The maximum atomic E-state index is 6.18. The maximum Gasteiger partial charge on any atom is 0.214 e. The van der Waals surface area contributed by atoms with Gasteiger partial charge in [-0.1, -0.05) is 36.7 Å². The zero-order chi connectivity index (χ0) is 11.5. The van der Waals surface area contributed by atoms with Gasteiger partial charge in [0.25, 0.3) is 0 Å². The molecule has 3 nitrogen and oxygen atoms in total. The number of hydrogen-bond acceptors (Lipinski definition) is 3. The smallest absolute Gasteiger partial charge is 0.214 e. The van der Waals surface area contributed by atoms with Crippen LogP contribution in [0.5, 0.6) is 0 Å². The van der Waals surface area contributed by atoms with Crippen molar-refractivity contribution in [1.29, 1.82) is 0 Å². The summed E-state index contributed by atoms with van der Waals surface area (Å²) in [6, 6.07) is 5.95. The summed E-state index contributed by atoms with van der Waals surface area (Å²) < 4.78 is 4.70. The summed E-state index contributed by atoms with van der Waals surface area (Å²) >= 11 is 6.18. The van der Waals surface area contributed by atoms with Gasteiger partial charge >= 0.3 is 0 Å². The van der Waals surface area contributed by atoms with Crippen molar-refractivity contribution in [3.63, 3.8) is 0 Å². The van der Waals surface area contributed by atoms with E-state index in [9.17, 15) is 0 Å². The van der Waals surface area contributed by atoms with Crippen molar-refractivity contribution in [2.75, 3.05) is 0 Å². The number of rotatable bonds is 3. The SMILES string of the molecule is CC(C)Cc1ccc(-c2ncon2)c(Cl)c1. The first-order chi connectivity index (χ1) is 7.66. The fourth-order valence-corrected chi connectivity index (χ4v) is 1.92. The fourth-order valence-electron chi connectivity index (χ4n) is 1.63. The van der Waals surface area contributed by atoms with Crippen LogP contribution in [-0.2, 0) is 6.42 Å². The Balaban J connectivity index is 2.30. The van der Waals surface area contributed by atoms with Crippen LogP contribution in [0.1, 0.15) is 19.4 Å². The number of nitrogens with zero attached hydrogens (tertiary/aromatic N) is 2. The molecule has 1 aromatic heterocycles. The van der Waals surface area contributed by atoms with Gasteiger partial charge in [-0.15, -0.1) is 0 Å². The van der Waals surface area contributed by atoms with Crippen molar-refractivity contribution in [2.45, 2.75) is 20.3 Å². The van der Waals surface area contributed by atoms with Crippen LogP contribution in [-0.4, -0.2) is 10.1 Å².